The van der Waals surface area contributed by atoms with E-state index in [9.17, 15) is 0 Å². The Morgan fingerprint density at radius 3 is 3.00 bits per heavy atom. The molecule has 0 radical (unpaired) electrons. The number of rotatable bonds is 3. The molecule has 0 amide bonds. The topological polar surface area (TPSA) is 38.7 Å². The van der Waals surface area contributed by atoms with Gasteiger partial charge in [-0.1, -0.05) is 18.2 Å². The first-order valence-electron chi connectivity index (χ1n) is 4.57. The smallest absolute Gasteiger partial charge is 0.231 e. The second-order valence-corrected chi connectivity index (χ2v) is 3.03. The number of hydrogen-bond donors (Lipinski definition) is 1. The van der Waals surface area contributed by atoms with Crippen LogP contribution in [0.4, 0.5) is 0 Å². The van der Waals surface area contributed by atoms with Crippen LogP contribution in [0.5, 0.6) is 11.5 Å². The number of ether oxygens (including phenoxy) is 2. The Bertz CT molecular complexity index is 344. The van der Waals surface area contributed by atoms with Crippen LogP contribution >= 0.6 is 0 Å². The fourth-order valence-corrected chi connectivity index (χ4v) is 1.31. The van der Waals surface area contributed by atoms with Crippen LogP contribution in [0.1, 0.15) is 12.0 Å². The van der Waals surface area contributed by atoms with E-state index in [0.717, 1.165) is 17.1 Å². The van der Waals surface area contributed by atoms with Gasteiger partial charge in [-0.2, -0.15) is 0 Å². The van der Waals surface area contributed by atoms with E-state index >= 15 is 0 Å². The first-order chi connectivity index (χ1) is 6.90. The molecular weight excluding hydrogens is 180 g/mol. The summed E-state index contributed by atoms with van der Waals surface area (Å²) in [5, 5.41) is 8.60. The molecule has 0 saturated heterocycles. The highest BCUT2D eigenvalue weighted by Gasteiger charge is 2.11. The second kappa shape index (κ2) is 4.15. The van der Waals surface area contributed by atoms with Gasteiger partial charge >= 0.3 is 0 Å². The van der Waals surface area contributed by atoms with Gasteiger partial charge in [0, 0.05) is 6.61 Å². The first kappa shape index (κ1) is 9.09. The summed E-state index contributed by atoms with van der Waals surface area (Å²) in [6.07, 6.45) is 4.56. The van der Waals surface area contributed by atoms with Crippen molar-refractivity contribution >= 4 is 6.08 Å². The van der Waals surface area contributed by atoms with Crippen LogP contribution in [0.2, 0.25) is 0 Å². The van der Waals surface area contributed by atoms with Crippen LogP contribution in [-0.4, -0.2) is 18.5 Å². The third-order valence-electron chi connectivity index (χ3n) is 2.00. The zero-order valence-corrected chi connectivity index (χ0v) is 7.77. The van der Waals surface area contributed by atoms with Crippen molar-refractivity contribution in [2.45, 2.75) is 6.42 Å². The normalized spacial score (nSPS) is 13.8. The van der Waals surface area contributed by atoms with Crippen LogP contribution in [0.25, 0.3) is 6.08 Å². The molecule has 0 unspecified atom stereocenters. The largest absolute Gasteiger partial charge is 0.454 e. The molecule has 0 spiro atoms. The molecule has 3 heteroatoms. The van der Waals surface area contributed by atoms with Crippen LogP contribution in [0, 0.1) is 0 Å². The van der Waals surface area contributed by atoms with E-state index in [4.69, 9.17) is 14.6 Å². The highest BCUT2D eigenvalue weighted by atomic mass is 16.7. The highest BCUT2D eigenvalue weighted by molar-refractivity contribution is 5.56. The lowest BCUT2D eigenvalue weighted by Crippen LogP contribution is -1.92. The summed E-state index contributed by atoms with van der Waals surface area (Å²) in [6.45, 7) is 0.486. The lowest BCUT2D eigenvalue weighted by molar-refractivity contribution is 0.174. The predicted molar refractivity (Wildman–Crippen MR) is 53.3 cm³/mol. The standard InChI is InChI=1S/C11H12O3/c12-6-2-1-3-9-4-5-10-11(7-9)14-8-13-10/h1,3-5,7,12H,2,6,8H2. The van der Waals surface area contributed by atoms with Crippen molar-refractivity contribution in [2.75, 3.05) is 13.4 Å². The van der Waals surface area contributed by atoms with E-state index in [1.807, 2.05) is 30.4 Å². The molecule has 74 valence electrons. The lowest BCUT2D eigenvalue weighted by atomic mass is 10.2. The molecule has 0 bridgehead atoms. The summed E-state index contributed by atoms with van der Waals surface area (Å²) in [4.78, 5) is 0. The minimum atomic E-state index is 0.182. The average Bonchev–Trinajstić information content (AvgIpc) is 2.65. The van der Waals surface area contributed by atoms with Crippen molar-refractivity contribution in [3.8, 4) is 11.5 Å². The third-order valence-corrected chi connectivity index (χ3v) is 2.00. The molecule has 2 rings (SSSR count). The number of hydrogen-bond acceptors (Lipinski definition) is 3. The van der Waals surface area contributed by atoms with Crippen molar-refractivity contribution in [2.24, 2.45) is 0 Å². The molecule has 0 atom stereocenters. The lowest BCUT2D eigenvalue weighted by Gasteiger charge is -1.97. The molecule has 1 N–H and O–H groups in total. The molecule has 0 aromatic heterocycles. The van der Waals surface area contributed by atoms with Gasteiger partial charge in [-0.25, -0.2) is 0 Å². The zero-order valence-electron chi connectivity index (χ0n) is 7.77. The van der Waals surface area contributed by atoms with Crippen molar-refractivity contribution < 1.29 is 14.6 Å². The first-order valence-corrected chi connectivity index (χ1v) is 4.57. The average molecular weight is 192 g/mol. The Kier molecular flexibility index (Phi) is 2.70. The maximum Gasteiger partial charge on any atom is 0.231 e. The Labute approximate surface area is 82.6 Å². The predicted octanol–water partition coefficient (Wildman–Crippen LogP) is 1.81. The summed E-state index contributed by atoms with van der Waals surface area (Å²) < 4.78 is 10.4. The van der Waals surface area contributed by atoms with Gasteiger partial charge in [0.1, 0.15) is 0 Å². The maximum absolute atomic E-state index is 8.60. The number of aliphatic hydroxyl groups excluding tert-OH is 1. The highest BCUT2D eigenvalue weighted by Crippen LogP contribution is 2.32. The molecule has 1 aromatic rings. The molecule has 1 aliphatic rings. The van der Waals surface area contributed by atoms with E-state index in [1.54, 1.807) is 0 Å². The molecular formula is C11H12O3. The Balaban J connectivity index is 2.12. The van der Waals surface area contributed by atoms with E-state index in [1.165, 1.54) is 0 Å². The molecule has 1 heterocycles. The molecule has 14 heavy (non-hydrogen) atoms. The number of benzene rings is 1. The van der Waals surface area contributed by atoms with Gasteiger partial charge in [-0.05, 0) is 24.1 Å². The molecule has 0 aliphatic carbocycles. The van der Waals surface area contributed by atoms with Gasteiger partial charge in [0.15, 0.2) is 11.5 Å². The SMILES string of the molecule is OCCC=Cc1ccc2c(c1)OCO2. The summed E-state index contributed by atoms with van der Waals surface area (Å²) in [5.41, 5.74) is 1.06. The van der Waals surface area contributed by atoms with Crippen LogP contribution in [-0.2, 0) is 0 Å². The monoisotopic (exact) mass is 192 g/mol. The minimum Gasteiger partial charge on any atom is -0.454 e. The summed E-state index contributed by atoms with van der Waals surface area (Å²) in [7, 11) is 0. The van der Waals surface area contributed by atoms with Gasteiger partial charge in [0.2, 0.25) is 6.79 Å². The van der Waals surface area contributed by atoms with Crippen molar-refractivity contribution in [3.05, 3.63) is 29.8 Å². The van der Waals surface area contributed by atoms with Crippen LogP contribution in [0.3, 0.4) is 0 Å². The van der Waals surface area contributed by atoms with Crippen molar-refractivity contribution in [1.82, 2.24) is 0 Å². The molecule has 1 aliphatic heterocycles. The summed E-state index contributed by atoms with van der Waals surface area (Å²) in [5.74, 6) is 1.58. The minimum absolute atomic E-state index is 0.182. The zero-order chi connectivity index (χ0) is 9.80. The van der Waals surface area contributed by atoms with Crippen molar-refractivity contribution in [1.29, 1.82) is 0 Å². The van der Waals surface area contributed by atoms with Crippen LogP contribution in [0.15, 0.2) is 24.3 Å². The van der Waals surface area contributed by atoms with E-state index < -0.39 is 0 Å². The fraction of sp³-hybridized carbons (Fsp3) is 0.273. The second-order valence-electron chi connectivity index (χ2n) is 3.03. The molecule has 0 saturated carbocycles. The van der Waals surface area contributed by atoms with Gasteiger partial charge in [-0.3, -0.25) is 0 Å². The number of fused-ring (bicyclic) bond motifs is 1. The number of aliphatic hydroxyl groups is 1. The third kappa shape index (κ3) is 1.88. The molecule has 0 fully saturated rings. The van der Waals surface area contributed by atoms with Gasteiger partial charge in [-0.15, -0.1) is 0 Å². The fourth-order valence-electron chi connectivity index (χ4n) is 1.31. The Morgan fingerprint density at radius 2 is 2.14 bits per heavy atom. The Morgan fingerprint density at radius 1 is 1.29 bits per heavy atom. The molecule has 3 nitrogen and oxygen atoms in total. The van der Waals surface area contributed by atoms with Gasteiger partial charge in [0.25, 0.3) is 0 Å². The maximum atomic E-state index is 8.60. The van der Waals surface area contributed by atoms with Gasteiger partial charge < -0.3 is 14.6 Å². The van der Waals surface area contributed by atoms with E-state index in [-0.39, 0.29) is 6.61 Å². The van der Waals surface area contributed by atoms with Gasteiger partial charge in [0.05, 0.1) is 0 Å². The molecule has 1 aromatic carbocycles. The van der Waals surface area contributed by atoms with Crippen LogP contribution < -0.4 is 9.47 Å². The quantitative estimate of drug-likeness (QED) is 0.793. The Hall–Kier alpha value is -1.48. The van der Waals surface area contributed by atoms with E-state index in [0.29, 0.717) is 13.2 Å². The summed E-state index contributed by atoms with van der Waals surface area (Å²) >= 11 is 0. The van der Waals surface area contributed by atoms with E-state index in [2.05, 4.69) is 0 Å². The van der Waals surface area contributed by atoms with Crippen molar-refractivity contribution in [3.63, 3.8) is 0 Å². The summed E-state index contributed by atoms with van der Waals surface area (Å²) in [6, 6.07) is 5.78.